The predicted octanol–water partition coefficient (Wildman–Crippen LogP) is 4.21. The maximum atomic E-state index is 12.6. The normalized spacial score (nSPS) is 14.7. The van der Waals surface area contributed by atoms with E-state index in [1.807, 2.05) is 17.9 Å². The van der Waals surface area contributed by atoms with Gasteiger partial charge in [0, 0.05) is 24.2 Å². The van der Waals surface area contributed by atoms with Crippen molar-refractivity contribution in [1.29, 1.82) is 0 Å². The van der Waals surface area contributed by atoms with Crippen LogP contribution in [0.15, 0.2) is 24.5 Å². The predicted molar refractivity (Wildman–Crippen MR) is 102 cm³/mol. The van der Waals surface area contributed by atoms with E-state index in [1.54, 1.807) is 19.4 Å². The van der Waals surface area contributed by atoms with Crippen molar-refractivity contribution in [2.75, 3.05) is 25.5 Å². The molecule has 0 aliphatic carbocycles. The number of carbonyl (C=O) groups is 1. The van der Waals surface area contributed by atoms with Crippen LogP contribution in [0.4, 0.5) is 11.5 Å². The van der Waals surface area contributed by atoms with Crippen LogP contribution in [0.25, 0.3) is 0 Å². The summed E-state index contributed by atoms with van der Waals surface area (Å²) in [4.78, 5) is 23.1. The molecule has 0 radical (unpaired) electrons. The lowest BCUT2D eigenvalue weighted by atomic mass is 10.2. The molecule has 0 bridgehead atoms. The van der Waals surface area contributed by atoms with Crippen LogP contribution < -0.4 is 10.1 Å². The van der Waals surface area contributed by atoms with Crippen molar-refractivity contribution < 1.29 is 9.53 Å². The standard InChI is InChI=1S/C19H23ClN4O2/c1-13-9-15(17(26-2)10-14(13)20)23-18-12-21-16(11-22-18)19(25)24-7-5-3-4-6-8-24/h9-12H,3-8H2,1-2H3,(H,22,23). The second-order valence-electron chi connectivity index (χ2n) is 6.42. The van der Waals surface area contributed by atoms with Crippen molar-refractivity contribution in [3.63, 3.8) is 0 Å². The Kier molecular flexibility index (Phi) is 5.93. The molecule has 1 N–H and O–H groups in total. The van der Waals surface area contributed by atoms with Gasteiger partial charge in [-0.3, -0.25) is 4.79 Å². The lowest BCUT2D eigenvalue weighted by Crippen LogP contribution is -2.32. The number of rotatable bonds is 4. The van der Waals surface area contributed by atoms with Crippen LogP contribution in [-0.2, 0) is 0 Å². The van der Waals surface area contributed by atoms with E-state index in [0.29, 0.717) is 22.3 Å². The minimum atomic E-state index is -0.0501. The van der Waals surface area contributed by atoms with Crippen molar-refractivity contribution in [1.82, 2.24) is 14.9 Å². The van der Waals surface area contributed by atoms with Gasteiger partial charge in [-0.2, -0.15) is 0 Å². The molecule has 2 aromatic rings. The van der Waals surface area contributed by atoms with Crippen molar-refractivity contribution in [2.24, 2.45) is 0 Å². The van der Waals surface area contributed by atoms with E-state index in [2.05, 4.69) is 15.3 Å². The van der Waals surface area contributed by atoms with Crippen molar-refractivity contribution in [2.45, 2.75) is 32.6 Å². The summed E-state index contributed by atoms with van der Waals surface area (Å²) < 4.78 is 5.35. The summed E-state index contributed by atoms with van der Waals surface area (Å²) in [6.07, 6.45) is 7.55. The first kappa shape index (κ1) is 18.5. The van der Waals surface area contributed by atoms with E-state index in [4.69, 9.17) is 16.3 Å². The van der Waals surface area contributed by atoms with Crippen LogP contribution in [0.3, 0.4) is 0 Å². The number of benzene rings is 1. The molecule has 0 atom stereocenters. The maximum absolute atomic E-state index is 12.6. The molecule has 1 amide bonds. The molecule has 1 aromatic carbocycles. The van der Waals surface area contributed by atoms with Gasteiger partial charge in [0.15, 0.2) is 0 Å². The molecule has 7 heteroatoms. The minimum absolute atomic E-state index is 0.0501. The lowest BCUT2D eigenvalue weighted by Gasteiger charge is -2.19. The Balaban J connectivity index is 1.74. The number of nitrogens with zero attached hydrogens (tertiary/aromatic N) is 3. The summed E-state index contributed by atoms with van der Waals surface area (Å²) in [5, 5.41) is 3.80. The van der Waals surface area contributed by atoms with Gasteiger partial charge >= 0.3 is 0 Å². The summed E-state index contributed by atoms with van der Waals surface area (Å²) in [6.45, 7) is 3.51. The fourth-order valence-electron chi connectivity index (χ4n) is 3.01. The number of hydrogen-bond donors (Lipinski definition) is 1. The molecule has 1 aliphatic heterocycles. The minimum Gasteiger partial charge on any atom is -0.495 e. The van der Waals surface area contributed by atoms with Gasteiger partial charge in [-0.25, -0.2) is 9.97 Å². The number of likely N-dealkylation sites (tertiary alicyclic amines) is 1. The van der Waals surface area contributed by atoms with Gasteiger partial charge in [0.25, 0.3) is 5.91 Å². The Bertz CT molecular complexity index is 772. The second kappa shape index (κ2) is 8.36. The highest BCUT2D eigenvalue weighted by Crippen LogP contribution is 2.32. The number of amides is 1. The summed E-state index contributed by atoms with van der Waals surface area (Å²) in [5.41, 5.74) is 2.04. The molecule has 1 aromatic heterocycles. The molecule has 1 fully saturated rings. The number of carbonyl (C=O) groups excluding carboxylic acids is 1. The number of aryl methyl sites for hydroxylation is 1. The average Bonchev–Trinajstić information content (AvgIpc) is 2.94. The zero-order valence-electron chi connectivity index (χ0n) is 15.1. The number of anilines is 2. The van der Waals surface area contributed by atoms with Crippen LogP contribution in [0.5, 0.6) is 5.75 Å². The molecule has 3 rings (SSSR count). The van der Waals surface area contributed by atoms with Gasteiger partial charge < -0.3 is 15.0 Å². The fraction of sp³-hybridized carbons (Fsp3) is 0.421. The summed E-state index contributed by atoms with van der Waals surface area (Å²) in [6, 6.07) is 3.64. The number of halogens is 1. The van der Waals surface area contributed by atoms with Gasteiger partial charge in [-0.05, 0) is 31.4 Å². The number of methoxy groups -OCH3 is 1. The molecular formula is C19H23ClN4O2. The molecule has 1 aliphatic rings. The van der Waals surface area contributed by atoms with E-state index in [0.717, 1.165) is 37.2 Å². The van der Waals surface area contributed by atoms with Gasteiger partial charge in [0.05, 0.1) is 25.2 Å². The van der Waals surface area contributed by atoms with E-state index in [-0.39, 0.29) is 5.91 Å². The first-order valence-corrected chi connectivity index (χ1v) is 9.19. The highest BCUT2D eigenvalue weighted by atomic mass is 35.5. The first-order valence-electron chi connectivity index (χ1n) is 8.81. The largest absolute Gasteiger partial charge is 0.495 e. The Labute approximate surface area is 158 Å². The summed E-state index contributed by atoms with van der Waals surface area (Å²) in [5.74, 6) is 1.11. The molecule has 0 spiro atoms. The van der Waals surface area contributed by atoms with Crippen molar-refractivity contribution >= 4 is 29.0 Å². The third-order valence-corrected chi connectivity index (χ3v) is 4.91. The molecule has 138 valence electrons. The van der Waals surface area contributed by atoms with Gasteiger partial charge in [0.2, 0.25) is 0 Å². The number of ether oxygens (including phenoxy) is 1. The van der Waals surface area contributed by atoms with E-state index in [9.17, 15) is 4.79 Å². The van der Waals surface area contributed by atoms with E-state index < -0.39 is 0 Å². The Morgan fingerprint density at radius 2 is 1.88 bits per heavy atom. The van der Waals surface area contributed by atoms with E-state index in [1.165, 1.54) is 19.0 Å². The maximum Gasteiger partial charge on any atom is 0.274 e. The number of nitrogens with one attached hydrogen (secondary N) is 1. The second-order valence-corrected chi connectivity index (χ2v) is 6.83. The Hall–Kier alpha value is -2.34. The SMILES string of the molecule is COc1cc(Cl)c(C)cc1Nc1cnc(C(=O)N2CCCCCC2)cn1. The van der Waals surface area contributed by atoms with Gasteiger partial charge in [0.1, 0.15) is 17.3 Å². The Morgan fingerprint density at radius 3 is 2.50 bits per heavy atom. The molecule has 2 heterocycles. The average molecular weight is 375 g/mol. The van der Waals surface area contributed by atoms with E-state index >= 15 is 0 Å². The third-order valence-electron chi connectivity index (χ3n) is 4.51. The number of aromatic nitrogens is 2. The summed E-state index contributed by atoms with van der Waals surface area (Å²) in [7, 11) is 1.58. The highest BCUT2D eigenvalue weighted by molar-refractivity contribution is 6.31. The smallest absolute Gasteiger partial charge is 0.274 e. The van der Waals surface area contributed by atoms with Crippen molar-refractivity contribution in [3.8, 4) is 5.75 Å². The van der Waals surface area contributed by atoms with Crippen molar-refractivity contribution in [3.05, 3.63) is 40.8 Å². The van der Waals surface area contributed by atoms with Crippen LogP contribution in [-0.4, -0.2) is 41.0 Å². The topological polar surface area (TPSA) is 67.3 Å². The highest BCUT2D eigenvalue weighted by Gasteiger charge is 2.19. The number of hydrogen-bond acceptors (Lipinski definition) is 5. The van der Waals surface area contributed by atoms with Gasteiger partial charge in [-0.1, -0.05) is 24.4 Å². The van der Waals surface area contributed by atoms with Gasteiger partial charge in [-0.15, -0.1) is 0 Å². The molecular weight excluding hydrogens is 352 g/mol. The molecule has 6 nitrogen and oxygen atoms in total. The summed E-state index contributed by atoms with van der Waals surface area (Å²) >= 11 is 6.13. The Morgan fingerprint density at radius 1 is 1.15 bits per heavy atom. The zero-order chi connectivity index (χ0) is 18.5. The van der Waals surface area contributed by atoms with Crippen LogP contribution in [0.1, 0.15) is 41.7 Å². The quantitative estimate of drug-likeness (QED) is 0.868. The lowest BCUT2D eigenvalue weighted by molar-refractivity contribution is 0.0755. The molecule has 26 heavy (non-hydrogen) atoms. The first-order chi connectivity index (χ1) is 12.6. The van der Waals surface area contributed by atoms with Crippen LogP contribution >= 0.6 is 11.6 Å². The molecule has 1 saturated heterocycles. The zero-order valence-corrected chi connectivity index (χ0v) is 15.8. The van der Waals surface area contributed by atoms with Crippen LogP contribution in [0, 0.1) is 6.92 Å². The van der Waals surface area contributed by atoms with Crippen LogP contribution in [0.2, 0.25) is 5.02 Å². The molecule has 0 saturated carbocycles. The monoisotopic (exact) mass is 374 g/mol. The third kappa shape index (κ3) is 4.25. The fourth-order valence-corrected chi connectivity index (χ4v) is 3.16. The molecule has 0 unspecified atom stereocenters.